The zero-order chi connectivity index (χ0) is 17.1. The molecule has 0 bridgehead atoms. The highest BCUT2D eigenvalue weighted by molar-refractivity contribution is 7.22. The fraction of sp³-hybridized carbons (Fsp3) is 0.333. The lowest BCUT2D eigenvalue weighted by Crippen LogP contribution is -2.33. The van der Waals surface area contributed by atoms with Gasteiger partial charge in [-0.3, -0.25) is 9.69 Å². The maximum atomic E-state index is 12.7. The number of thiazole rings is 1. The summed E-state index contributed by atoms with van der Waals surface area (Å²) in [6, 6.07) is 9.51. The Morgan fingerprint density at radius 3 is 2.83 bits per heavy atom. The molecule has 2 aromatic heterocycles. The Balaban J connectivity index is 2.02. The van der Waals surface area contributed by atoms with Gasteiger partial charge in [-0.1, -0.05) is 31.3 Å². The van der Waals surface area contributed by atoms with Crippen LogP contribution in [0.15, 0.2) is 41.0 Å². The molecule has 0 atom stereocenters. The summed E-state index contributed by atoms with van der Waals surface area (Å²) in [5.41, 5.74) is 0.792. The van der Waals surface area contributed by atoms with Crippen LogP contribution >= 0.6 is 11.3 Å². The minimum atomic E-state index is -0.127. The normalized spacial score (nSPS) is 11.2. The third-order valence-corrected chi connectivity index (χ3v) is 4.60. The SMILES string of the molecule is CCOc1cccc2sc(N(Cc3ccco3)C(=O)C(C)C)nc12. The minimum absolute atomic E-state index is 0.0171. The highest BCUT2D eigenvalue weighted by atomic mass is 32.1. The van der Waals surface area contributed by atoms with E-state index in [0.29, 0.717) is 18.3 Å². The number of rotatable bonds is 6. The van der Waals surface area contributed by atoms with Gasteiger partial charge in [0.15, 0.2) is 5.13 Å². The summed E-state index contributed by atoms with van der Waals surface area (Å²) in [5, 5.41) is 0.659. The maximum absolute atomic E-state index is 12.7. The molecule has 0 unspecified atom stereocenters. The van der Waals surface area contributed by atoms with Crippen LogP contribution in [0.25, 0.3) is 10.2 Å². The molecule has 0 radical (unpaired) electrons. The van der Waals surface area contributed by atoms with E-state index in [1.165, 1.54) is 11.3 Å². The van der Waals surface area contributed by atoms with Crippen LogP contribution in [0.4, 0.5) is 5.13 Å². The smallest absolute Gasteiger partial charge is 0.231 e. The molecule has 3 rings (SSSR count). The van der Waals surface area contributed by atoms with E-state index in [0.717, 1.165) is 21.7 Å². The van der Waals surface area contributed by atoms with Gasteiger partial charge >= 0.3 is 0 Å². The lowest BCUT2D eigenvalue weighted by Gasteiger charge is -2.20. The van der Waals surface area contributed by atoms with Crippen LogP contribution in [0.2, 0.25) is 0 Å². The molecule has 0 aliphatic heterocycles. The van der Waals surface area contributed by atoms with Crippen LogP contribution in [0.5, 0.6) is 5.75 Å². The first-order valence-electron chi connectivity index (χ1n) is 7.96. The predicted molar refractivity (Wildman–Crippen MR) is 95.5 cm³/mol. The number of carbonyl (C=O) groups excluding carboxylic acids is 1. The highest BCUT2D eigenvalue weighted by Gasteiger charge is 2.24. The molecule has 5 nitrogen and oxygen atoms in total. The van der Waals surface area contributed by atoms with Crippen LogP contribution in [-0.2, 0) is 11.3 Å². The molecule has 0 saturated heterocycles. The molecule has 0 saturated carbocycles. The fourth-order valence-electron chi connectivity index (χ4n) is 2.41. The van der Waals surface area contributed by atoms with Gasteiger partial charge in [0.2, 0.25) is 5.91 Å². The van der Waals surface area contributed by atoms with E-state index in [2.05, 4.69) is 4.98 Å². The molecule has 0 spiro atoms. The number of amides is 1. The molecule has 1 amide bonds. The van der Waals surface area contributed by atoms with E-state index < -0.39 is 0 Å². The van der Waals surface area contributed by atoms with Gasteiger partial charge in [-0.15, -0.1) is 0 Å². The Bertz CT molecular complexity index is 824. The number of hydrogen-bond donors (Lipinski definition) is 0. The topological polar surface area (TPSA) is 55.6 Å². The van der Waals surface area contributed by atoms with Crippen molar-refractivity contribution in [3.63, 3.8) is 0 Å². The molecule has 1 aromatic carbocycles. The van der Waals surface area contributed by atoms with Gasteiger partial charge in [0.25, 0.3) is 0 Å². The lowest BCUT2D eigenvalue weighted by molar-refractivity contribution is -0.121. The van der Waals surface area contributed by atoms with Crippen molar-refractivity contribution in [3.8, 4) is 5.75 Å². The third-order valence-electron chi connectivity index (χ3n) is 3.56. The first-order chi connectivity index (χ1) is 11.6. The maximum Gasteiger partial charge on any atom is 0.231 e. The van der Waals surface area contributed by atoms with Crippen LogP contribution < -0.4 is 9.64 Å². The number of hydrogen-bond acceptors (Lipinski definition) is 5. The summed E-state index contributed by atoms with van der Waals surface area (Å²) in [7, 11) is 0. The van der Waals surface area contributed by atoms with Crippen LogP contribution in [0, 0.1) is 5.92 Å². The summed E-state index contributed by atoms with van der Waals surface area (Å²) in [5.74, 6) is 1.36. The second kappa shape index (κ2) is 7.05. The fourth-order valence-corrected chi connectivity index (χ4v) is 3.40. The number of aromatic nitrogens is 1. The van der Waals surface area contributed by atoms with E-state index >= 15 is 0 Å². The third kappa shape index (κ3) is 3.28. The summed E-state index contributed by atoms with van der Waals surface area (Å²) in [4.78, 5) is 19.0. The van der Waals surface area contributed by atoms with E-state index in [1.807, 2.05) is 51.1 Å². The van der Waals surface area contributed by atoms with Gasteiger partial charge in [0.1, 0.15) is 17.0 Å². The molecule has 0 aliphatic carbocycles. The first-order valence-corrected chi connectivity index (χ1v) is 8.78. The average molecular weight is 344 g/mol. The lowest BCUT2D eigenvalue weighted by atomic mass is 10.2. The van der Waals surface area contributed by atoms with Gasteiger partial charge in [-0.25, -0.2) is 4.98 Å². The zero-order valence-corrected chi connectivity index (χ0v) is 14.8. The molecular weight excluding hydrogens is 324 g/mol. The molecule has 0 aliphatic rings. The number of anilines is 1. The van der Waals surface area contributed by atoms with E-state index in [1.54, 1.807) is 11.2 Å². The Labute approximate surface area is 144 Å². The summed E-state index contributed by atoms with van der Waals surface area (Å²) < 4.78 is 12.1. The van der Waals surface area contributed by atoms with Gasteiger partial charge in [-0.2, -0.15) is 0 Å². The molecule has 2 heterocycles. The Hall–Kier alpha value is -2.34. The van der Waals surface area contributed by atoms with Crippen molar-refractivity contribution in [2.45, 2.75) is 27.3 Å². The summed E-state index contributed by atoms with van der Waals surface area (Å²) in [6.07, 6.45) is 1.61. The number of carbonyl (C=O) groups is 1. The zero-order valence-electron chi connectivity index (χ0n) is 14.0. The second-order valence-electron chi connectivity index (χ2n) is 5.69. The predicted octanol–water partition coefficient (Wildman–Crippen LogP) is 4.48. The van der Waals surface area contributed by atoms with Crippen molar-refractivity contribution in [1.29, 1.82) is 0 Å². The highest BCUT2D eigenvalue weighted by Crippen LogP contribution is 2.35. The summed E-state index contributed by atoms with van der Waals surface area (Å²) in [6.45, 7) is 6.66. The Morgan fingerprint density at radius 2 is 2.17 bits per heavy atom. The quantitative estimate of drug-likeness (QED) is 0.662. The Morgan fingerprint density at radius 1 is 1.33 bits per heavy atom. The van der Waals surface area contributed by atoms with Crippen LogP contribution in [-0.4, -0.2) is 17.5 Å². The molecule has 0 N–H and O–H groups in total. The standard InChI is InChI=1S/C18H20N2O3S/c1-4-22-14-8-5-9-15-16(14)19-18(24-15)20(17(21)12(2)3)11-13-7-6-10-23-13/h5-10,12H,4,11H2,1-3H3. The van der Waals surface area contributed by atoms with Crippen molar-refractivity contribution < 1.29 is 13.9 Å². The van der Waals surface area contributed by atoms with Crippen molar-refractivity contribution in [3.05, 3.63) is 42.4 Å². The number of benzene rings is 1. The van der Waals surface area contributed by atoms with Gasteiger partial charge in [0.05, 0.1) is 24.1 Å². The van der Waals surface area contributed by atoms with Crippen molar-refractivity contribution in [1.82, 2.24) is 4.98 Å². The number of para-hydroxylation sites is 1. The molecule has 0 fully saturated rings. The number of furan rings is 1. The van der Waals surface area contributed by atoms with Crippen LogP contribution in [0.1, 0.15) is 26.5 Å². The van der Waals surface area contributed by atoms with Gasteiger partial charge in [-0.05, 0) is 31.2 Å². The summed E-state index contributed by atoms with van der Waals surface area (Å²) >= 11 is 1.49. The van der Waals surface area contributed by atoms with E-state index in [4.69, 9.17) is 9.15 Å². The van der Waals surface area contributed by atoms with Gasteiger partial charge in [0, 0.05) is 5.92 Å². The molecule has 24 heavy (non-hydrogen) atoms. The van der Waals surface area contributed by atoms with E-state index in [-0.39, 0.29) is 11.8 Å². The van der Waals surface area contributed by atoms with E-state index in [9.17, 15) is 4.79 Å². The molecule has 3 aromatic rings. The Kier molecular flexibility index (Phi) is 4.85. The molecular formula is C18H20N2O3S. The van der Waals surface area contributed by atoms with Crippen molar-refractivity contribution >= 4 is 32.6 Å². The largest absolute Gasteiger partial charge is 0.492 e. The number of nitrogens with zero attached hydrogens (tertiary/aromatic N) is 2. The minimum Gasteiger partial charge on any atom is -0.492 e. The number of fused-ring (bicyclic) bond motifs is 1. The van der Waals surface area contributed by atoms with Crippen molar-refractivity contribution in [2.24, 2.45) is 5.92 Å². The molecule has 126 valence electrons. The average Bonchev–Trinajstić information content (AvgIpc) is 3.21. The monoisotopic (exact) mass is 344 g/mol. The van der Waals surface area contributed by atoms with Crippen LogP contribution in [0.3, 0.4) is 0 Å². The first kappa shape index (κ1) is 16.5. The van der Waals surface area contributed by atoms with Gasteiger partial charge < -0.3 is 9.15 Å². The van der Waals surface area contributed by atoms with Crippen molar-refractivity contribution in [2.75, 3.05) is 11.5 Å². The molecule has 6 heteroatoms. The second-order valence-corrected chi connectivity index (χ2v) is 6.70. The number of ether oxygens (including phenoxy) is 1.